The second kappa shape index (κ2) is 8.44. The van der Waals surface area contributed by atoms with Gasteiger partial charge in [-0.15, -0.1) is 0 Å². The maximum Gasteiger partial charge on any atom is 0.342 e. The van der Waals surface area contributed by atoms with E-state index in [9.17, 15) is 18.0 Å². The van der Waals surface area contributed by atoms with E-state index in [1.807, 2.05) is 6.08 Å². The summed E-state index contributed by atoms with van der Waals surface area (Å²) in [7, 11) is -2.53. The van der Waals surface area contributed by atoms with Crippen molar-refractivity contribution >= 4 is 21.8 Å². The summed E-state index contributed by atoms with van der Waals surface area (Å²) in [6.07, 6.45) is 9.20. The largest absolute Gasteiger partial charge is 0.496 e. The molecule has 3 saturated carbocycles. The number of ketones is 1. The summed E-state index contributed by atoms with van der Waals surface area (Å²) in [5, 5.41) is 5.27. The third kappa shape index (κ3) is 3.93. The lowest BCUT2D eigenvalue weighted by molar-refractivity contribution is -0.118. The first kappa shape index (κ1) is 24.5. The molecular formula is C27H35NO6S. The number of esters is 1. The van der Waals surface area contributed by atoms with Crippen molar-refractivity contribution in [3.63, 3.8) is 0 Å². The number of benzene rings is 1. The highest BCUT2D eigenvalue weighted by molar-refractivity contribution is 7.89. The van der Waals surface area contributed by atoms with Crippen LogP contribution in [0.25, 0.3) is 0 Å². The Kier molecular flexibility index (Phi) is 5.91. The molecule has 0 amide bonds. The van der Waals surface area contributed by atoms with Crippen molar-refractivity contribution in [2.24, 2.45) is 33.7 Å². The van der Waals surface area contributed by atoms with E-state index in [0.29, 0.717) is 24.2 Å². The third-order valence-electron chi connectivity index (χ3n) is 9.84. The lowest BCUT2D eigenvalue weighted by atomic mass is 9.47. The number of allylic oxidation sites excluding steroid dienone is 1. The van der Waals surface area contributed by atoms with Gasteiger partial charge in [-0.25, -0.2) is 18.4 Å². The van der Waals surface area contributed by atoms with E-state index < -0.39 is 16.0 Å². The molecule has 4 aliphatic carbocycles. The molecule has 3 fully saturated rings. The van der Waals surface area contributed by atoms with Gasteiger partial charge in [0, 0.05) is 11.8 Å². The number of fused-ring (bicyclic) bond motifs is 5. The summed E-state index contributed by atoms with van der Waals surface area (Å²) in [4.78, 5) is 25.2. The molecular weight excluding hydrogens is 466 g/mol. The van der Waals surface area contributed by atoms with Crippen LogP contribution >= 0.6 is 0 Å². The van der Waals surface area contributed by atoms with Crippen molar-refractivity contribution in [1.82, 2.24) is 0 Å². The normalized spacial score (nSPS) is 36.5. The first-order valence-corrected chi connectivity index (χ1v) is 14.2. The Labute approximate surface area is 207 Å². The fourth-order valence-electron chi connectivity index (χ4n) is 7.92. The lowest BCUT2D eigenvalue weighted by Crippen LogP contribution is -2.51. The maximum absolute atomic E-state index is 13.3. The van der Waals surface area contributed by atoms with E-state index in [0.717, 1.165) is 44.9 Å². The topological polar surface area (TPSA) is 113 Å². The molecule has 0 bridgehead atoms. The summed E-state index contributed by atoms with van der Waals surface area (Å²) in [6, 6.07) is 4.00. The van der Waals surface area contributed by atoms with Crippen LogP contribution in [-0.2, 0) is 19.6 Å². The second-order valence-corrected chi connectivity index (χ2v) is 13.0. The number of carbonyl (C=O) groups excluding carboxylic acids is 2. The van der Waals surface area contributed by atoms with Crippen molar-refractivity contribution < 1.29 is 27.5 Å². The number of rotatable bonds is 4. The fourth-order valence-corrected chi connectivity index (χ4v) is 8.46. The van der Waals surface area contributed by atoms with E-state index in [1.165, 1.54) is 30.9 Å². The van der Waals surface area contributed by atoms with Gasteiger partial charge in [0.15, 0.2) is 5.78 Å². The maximum atomic E-state index is 13.3. The Balaban J connectivity index is 1.38. The van der Waals surface area contributed by atoms with E-state index in [4.69, 9.17) is 14.6 Å². The van der Waals surface area contributed by atoms with Gasteiger partial charge < -0.3 is 9.47 Å². The van der Waals surface area contributed by atoms with Gasteiger partial charge in [0.1, 0.15) is 17.4 Å². The van der Waals surface area contributed by atoms with Crippen LogP contribution in [0.15, 0.2) is 34.7 Å². The first-order chi connectivity index (χ1) is 16.5. The Morgan fingerprint density at radius 3 is 2.54 bits per heavy atom. The monoisotopic (exact) mass is 501 g/mol. The number of nitrogens with two attached hydrogens (primary N) is 1. The lowest BCUT2D eigenvalue weighted by Gasteiger charge is -2.57. The SMILES string of the molecule is COc1ccc(S(N)(=O)=O)cc1C(=O)O[C@H]1CCC2C3CCC4=CC(=O)CC[C@]4(C)C3CC[C@@]21C. The van der Waals surface area contributed by atoms with Gasteiger partial charge in [-0.2, -0.15) is 0 Å². The molecule has 1 aromatic carbocycles. The van der Waals surface area contributed by atoms with Crippen LogP contribution in [0.2, 0.25) is 0 Å². The predicted molar refractivity (Wildman–Crippen MR) is 130 cm³/mol. The number of primary sulfonamides is 1. The smallest absolute Gasteiger partial charge is 0.342 e. The minimum Gasteiger partial charge on any atom is -0.496 e. The molecule has 0 aliphatic heterocycles. The van der Waals surface area contributed by atoms with Gasteiger partial charge in [-0.05, 0) is 92.4 Å². The van der Waals surface area contributed by atoms with Crippen molar-refractivity contribution in [3.05, 3.63) is 35.4 Å². The van der Waals surface area contributed by atoms with E-state index >= 15 is 0 Å². The summed E-state index contributed by atoms with van der Waals surface area (Å²) < 4.78 is 35.1. The molecule has 190 valence electrons. The molecule has 0 aromatic heterocycles. The summed E-state index contributed by atoms with van der Waals surface area (Å²) in [5.74, 6) is 1.55. The molecule has 1 aromatic rings. The van der Waals surface area contributed by atoms with Crippen molar-refractivity contribution in [2.75, 3.05) is 7.11 Å². The minimum atomic E-state index is -3.96. The molecule has 7 nitrogen and oxygen atoms in total. The highest BCUT2D eigenvalue weighted by Gasteiger charge is 2.60. The predicted octanol–water partition coefficient (Wildman–Crippen LogP) is 4.40. The van der Waals surface area contributed by atoms with E-state index in [2.05, 4.69) is 13.8 Å². The van der Waals surface area contributed by atoms with Crippen LogP contribution in [-0.4, -0.2) is 33.4 Å². The van der Waals surface area contributed by atoms with E-state index in [1.54, 1.807) is 0 Å². The number of methoxy groups -OCH3 is 1. The van der Waals surface area contributed by atoms with Gasteiger partial charge in [0.25, 0.3) is 0 Å². The summed E-state index contributed by atoms with van der Waals surface area (Å²) >= 11 is 0. The number of ether oxygens (including phenoxy) is 2. The zero-order chi connectivity index (χ0) is 25.2. The second-order valence-electron chi connectivity index (χ2n) is 11.4. The van der Waals surface area contributed by atoms with Gasteiger partial charge in [0.2, 0.25) is 10.0 Å². The van der Waals surface area contributed by atoms with Gasteiger partial charge in [-0.1, -0.05) is 19.4 Å². The van der Waals surface area contributed by atoms with Crippen LogP contribution in [0.3, 0.4) is 0 Å². The van der Waals surface area contributed by atoms with Crippen LogP contribution in [0, 0.1) is 28.6 Å². The van der Waals surface area contributed by atoms with Crippen LogP contribution < -0.4 is 9.88 Å². The molecule has 0 spiro atoms. The van der Waals surface area contributed by atoms with Crippen LogP contribution in [0.1, 0.15) is 75.6 Å². The first-order valence-electron chi connectivity index (χ1n) is 12.6. The molecule has 2 N–H and O–H groups in total. The highest BCUT2D eigenvalue weighted by atomic mass is 32.2. The standard InChI is InChI=1S/C27H35NO6S/c1-26-12-10-17(29)14-16(26)4-6-19-21-7-9-24(27(21,2)13-11-22(19)26)34-25(30)20-15-18(35(28,31)32)5-8-23(20)33-3/h5,8,14-15,19,21-22,24H,4,6-7,9-13H2,1-3H3,(H2,28,31,32)/t19?,21?,22?,24-,26-,27-/m0/s1. The molecule has 4 aliphatic rings. The van der Waals surface area contributed by atoms with E-state index in [-0.39, 0.29) is 38.9 Å². The molecule has 0 heterocycles. The van der Waals surface area contributed by atoms with Gasteiger partial charge in [0.05, 0.1) is 12.0 Å². The minimum absolute atomic E-state index is 0.0755. The highest BCUT2D eigenvalue weighted by Crippen LogP contribution is 2.65. The Morgan fingerprint density at radius 1 is 1.06 bits per heavy atom. The molecule has 3 unspecified atom stereocenters. The van der Waals surface area contributed by atoms with Gasteiger partial charge in [-0.3, -0.25) is 4.79 Å². The van der Waals surface area contributed by atoms with Crippen LogP contribution in [0.4, 0.5) is 0 Å². The Morgan fingerprint density at radius 2 is 1.83 bits per heavy atom. The Hall–Kier alpha value is -2.19. The molecule has 6 atom stereocenters. The Bertz CT molecular complexity index is 1210. The molecule has 8 heteroatoms. The molecule has 5 rings (SSSR count). The molecule has 35 heavy (non-hydrogen) atoms. The average molecular weight is 502 g/mol. The zero-order valence-corrected chi connectivity index (χ0v) is 21.5. The van der Waals surface area contributed by atoms with Crippen molar-refractivity contribution in [1.29, 1.82) is 0 Å². The van der Waals surface area contributed by atoms with Gasteiger partial charge >= 0.3 is 5.97 Å². The number of sulfonamides is 1. The quantitative estimate of drug-likeness (QED) is 0.612. The summed E-state index contributed by atoms with van der Waals surface area (Å²) in [6.45, 7) is 4.62. The third-order valence-corrected chi connectivity index (χ3v) is 10.8. The molecule has 0 saturated heterocycles. The average Bonchev–Trinajstić information content (AvgIpc) is 3.14. The number of carbonyl (C=O) groups is 2. The number of hydrogen-bond acceptors (Lipinski definition) is 6. The molecule has 0 radical (unpaired) electrons. The van der Waals surface area contributed by atoms with Crippen molar-refractivity contribution in [2.45, 2.75) is 76.2 Å². The van der Waals surface area contributed by atoms with Crippen LogP contribution in [0.5, 0.6) is 5.75 Å². The fraction of sp³-hybridized carbons (Fsp3) is 0.630. The zero-order valence-electron chi connectivity index (χ0n) is 20.7. The number of hydrogen-bond donors (Lipinski definition) is 1. The van der Waals surface area contributed by atoms with Crippen molar-refractivity contribution in [3.8, 4) is 5.75 Å². The summed E-state index contributed by atoms with van der Waals surface area (Å²) in [5.41, 5.74) is 1.41.